The number of nitrogens with zero attached hydrogens (tertiary/aromatic N) is 1. The fraction of sp³-hybridized carbons (Fsp3) is 0.500. The number of hydrogen-bond donors (Lipinski definition) is 2. The van der Waals surface area contributed by atoms with Crippen molar-refractivity contribution >= 4 is 5.69 Å². The largest absolute Gasteiger partial charge is 0.393 e. The zero-order valence-electron chi connectivity index (χ0n) is 10.1. The second kappa shape index (κ2) is 6.32. The first-order valence-electron chi connectivity index (χ1n) is 5.64. The molecular formula is C12H18N2O3. The molecule has 5 nitrogen and oxygen atoms in total. The lowest BCUT2D eigenvalue weighted by Gasteiger charge is -2.15. The Morgan fingerprint density at radius 3 is 2.41 bits per heavy atom. The summed E-state index contributed by atoms with van der Waals surface area (Å²) in [6.45, 7) is 4.40. The maximum atomic E-state index is 10.5. The molecule has 0 bridgehead atoms. The van der Waals surface area contributed by atoms with Gasteiger partial charge in [0, 0.05) is 24.7 Å². The van der Waals surface area contributed by atoms with E-state index < -0.39 is 4.92 Å². The minimum atomic E-state index is -0.409. The summed E-state index contributed by atoms with van der Waals surface area (Å²) in [5, 5.41) is 22.9. The Labute approximate surface area is 101 Å². The average Bonchev–Trinajstić information content (AvgIpc) is 2.26. The van der Waals surface area contributed by atoms with Crippen LogP contribution in [0.25, 0.3) is 0 Å². The van der Waals surface area contributed by atoms with Crippen LogP contribution in [-0.2, 0) is 6.54 Å². The van der Waals surface area contributed by atoms with E-state index in [1.807, 2.05) is 6.92 Å². The smallest absolute Gasteiger partial charge is 0.269 e. The van der Waals surface area contributed by atoms with Gasteiger partial charge in [-0.25, -0.2) is 0 Å². The van der Waals surface area contributed by atoms with Gasteiger partial charge in [0.15, 0.2) is 0 Å². The molecular weight excluding hydrogens is 220 g/mol. The molecule has 0 aliphatic carbocycles. The highest BCUT2D eigenvalue weighted by Gasteiger charge is 2.07. The highest BCUT2D eigenvalue weighted by molar-refractivity contribution is 5.32. The number of aliphatic hydroxyl groups excluding tert-OH is 1. The average molecular weight is 238 g/mol. The molecule has 0 aliphatic rings. The second-order valence-corrected chi connectivity index (χ2v) is 4.29. The van der Waals surface area contributed by atoms with Crippen LogP contribution >= 0.6 is 0 Å². The Kier molecular flexibility index (Phi) is 5.06. The molecule has 0 amide bonds. The molecule has 0 heterocycles. The molecule has 0 fully saturated rings. The standard InChI is InChI=1S/C12H18N2O3/c1-9(7-10(2)15)13-8-11-3-5-12(6-4-11)14(16)17/h3-6,9-10,13,15H,7-8H2,1-2H3. The summed E-state index contributed by atoms with van der Waals surface area (Å²) in [5.41, 5.74) is 1.10. The van der Waals surface area contributed by atoms with Gasteiger partial charge >= 0.3 is 0 Å². The lowest BCUT2D eigenvalue weighted by Crippen LogP contribution is -2.28. The zero-order chi connectivity index (χ0) is 12.8. The molecule has 1 aromatic rings. The highest BCUT2D eigenvalue weighted by atomic mass is 16.6. The van der Waals surface area contributed by atoms with Gasteiger partial charge in [0.2, 0.25) is 0 Å². The van der Waals surface area contributed by atoms with Gasteiger partial charge in [0.05, 0.1) is 11.0 Å². The Morgan fingerprint density at radius 1 is 1.35 bits per heavy atom. The van der Waals surface area contributed by atoms with E-state index in [9.17, 15) is 15.2 Å². The van der Waals surface area contributed by atoms with Crippen molar-refractivity contribution in [3.05, 3.63) is 39.9 Å². The lowest BCUT2D eigenvalue weighted by molar-refractivity contribution is -0.384. The number of nitro benzene ring substituents is 1. The Bertz CT molecular complexity index is 363. The normalized spacial score (nSPS) is 14.3. The van der Waals surface area contributed by atoms with Crippen molar-refractivity contribution in [2.24, 2.45) is 0 Å². The minimum absolute atomic E-state index is 0.103. The van der Waals surface area contributed by atoms with E-state index in [2.05, 4.69) is 5.32 Å². The Hall–Kier alpha value is -1.46. The topological polar surface area (TPSA) is 75.4 Å². The van der Waals surface area contributed by atoms with E-state index in [0.717, 1.165) is 5.56 Å². The summed E-state index contributed by atoms with van der Waals surface area (Å²) >= 11 is 0. The number of aliphatic hydroxyl groups is 1. The van der Waals surface area contributed by atoms with E-state index in [0.29, 0.717) is 13.0 Å². The third kappa shape index (κ3) is 4.93. The van der Waals surface area contributed by atoms with Gasteiger partial charge in [-0.05, 0) is 25.8 Å². The molecule has 2 unspecified atom stereocenters. The van der Waals surface area contributed by atoms with Gasteiger partial charge in [-0.1, -0.05) is 12.1 Å². The third-order valence-electron chi connectivity index (χ3n) is 2.50. The lowest BCUT2D eigenvalue weighted by atomic mass is 10.1. The number of benzene rings is 1. The van der Waals surface area contributed by atoms with Gasteiger partial charge in [0.25, 0.3) is 5.69 Å². The number of non-ortho nitro benzene ring substituents is 1. The Morgan fingerprint density at radius 2 is 1.94 bits per heavy atom. The fourth-order valence-corrected chi connectivity index (χ4v) is 1.62. The predicted molar refractivity (Wildman–Crippen MR) is 65.7 cm³/mol. The van der Waals surface area contributed by atoms with Crippen LogP contribution in [0.5, 0.6) is 0 Å². The predicted octanol–water partition coefficient (Wildman–Crippen LogP) is 1.84. The molecule has 5 heteroatoms. The maximum absolute atomic E-state index is 10.5. The van der Waals surface area contributed by atoms with Crippen LogP contribution in [0.3, 0.4) is 0 Å². The van der Waals surface area contributed by atoms with Crippen LogP contribution in [0.1, 0.15) is 25.8 Å². The molecule has 1 aromatic carbocycles. The van der Waals surface area contributed by atoms with Crippen LogP contribution in [0.15, 0.2) is 24.3 Å². The van der Waals surface area contributed by atoms with Crippen molar-refractivity contribution in [2.45, 2.75) is 39.0 Å². The van der Waals surface area contributed by atoms with E-state index in [4.69, 9.17) is 0 Å². The van der Waals surface area contributed by atoms with Crippen LogP contribution in [0.2, 0.25) is 0 Å². The summed E-state index contributed by atoms with van der Waals surface area (Å²) in [6.07, 6.45) is 0.363. The SMILES string of the molecule is CC(O)CC(C)NCc1ccc([N+](=O)[O-])cc1. The summed E-state index contributed by atoms with van der Waals surface area (Å²) in [7, 11) is 0. The van der Waals surface area contributed by atoms with Crippen molar-refractivity contribution in [1.29, 1.82) is 0 Å². The molecule has 1 rings (SSSR count). The first kappa shape index (κ1) is 13.6. The van der Waals surface area contributed by atoms with Crippen molar-refractivity contribution < 1.29 is 10.0 Å². The van der Waals surface area contributed by atoms with E-state index >= 15 is 0 Å². The molecule has 2 atom stereocenters. The summed E-state index contributed by atoms with van der Waals surface area (Å²) in [4.78, 5) is 10.1. The highest BCUT2D eigenvalue weighted by Crippen LogP contribution is 2.12. The Balaban J connectivity index is 2.44. The molecule has 0 radical (unpaired) electrons. The van der Waals surface area contributed by atoms with Crippen LogP contribution < -0.4 is 5.32 Å². The number of nitro groups is 1. The van der Waals surface area contributed by atoms with Gasteiger partial charge in [-0.2, -0.15) is 0 Å². The van der Waals surface area contributed by atoms with E-state index in [1.54, 1.807) is 19.1 Å². The number of hydrogen-bond acceptors (Lipinski definition) is 4. The van der Waals surface area contributed by atoms with Gasteiger partial charge in [-0.15, -0.1) is 0 Å². The number of nitrogens with one attached hydrogen (secondary N) is 1. The molecule has 2 N–H and O–H groups in total. The van der Waals surface area contributed by atoms with Crippen molar-refractivity contribution in [3.8, 4) is 0 Å². The third-order valence-corrected chi connectivity index (χ3v) is 2.50. The van der Waals surface area contributed by atoms with Crippen LogP contribution in [0, 0.1) is 10.1 Å². The first-order valence-corrected chi connectivity index (χ1v) is 5.64. The van der Waals surface area contributed by atoms with Gasteiger partial charge < -0.3 is 10.4 Å². The monoisotopic (exact) mass is 238 g/mol. The van der Waals surface area contributed by atoms with E-state index in [-0.39, 0.29) is 17.8 Å². The quantitative estimate of drug-likeness (QED) is 0.585. The van der Waals surface area contributed by atoms with Gasteiger partial charge in [0.1, 0.15) is 0 Å². The van der Waals surface area contributed by atoms with E-state index in [1.165, 1.54) is 12.1 Å². The first-order chi connectivity index (χ1) is 7.99. The van der Waals surface area contributed by atoms with Gasteiger partial charge in [-0.3, -0.25) is 10.1 Å². The second-order valence-electron chi connectivity index (χ2n) is 4.29. The minimum Gasteiger partial charge on any atom is -0.393 e. The molecule has 0 spiro atoms. The molecule has 0 aromatic heterocycles. The zero-order valence-corrected chi connectivity index (χ0v) is 10.1. The van der Waals surface area contributed by atoms with Crippen LogP contribution in [-0.4, -0.2) is 22.2 Å². The summed E-state index contributed by atoms with van der Waals surface area (Å²) in [5.74, 6) is 0. The summed E-state index contributed by atoms with van der Waals surface area (Å²) in [6, 6.07) is 6.68. The van der Waals surface area contributed by atoms with Crippen LogP contribution in [0.4, 0.5) is 5.69 Å². The summed E-state index contributed by atoms with van der Waals surface area (Å²) < 4.78 is 0. The molecule has 0 aliphatic heterocycles. The molecule has 0 saturated heterocycles. The number of rotatable bonds is 6. The van der Waals surface area contributed by atoms with Crippen molar-refractivity contribution in [1.82, 2.24) is 5.32 Å². The molecule has 94 valence electrons. The fourth-order valence-electron chi connectivity index (χ4n) is 1.62. The molecule has 17 heavy (non-hydrogen) atoms. The maximum Gasteiger partial charge on any atom is 0.269 e. The van der Waals surface area contributed by atoms with Crippen molar-refractivity contribution in [3.63, 3.8) is 0 Å². The van der Waals surface area contributed by atoms with Crippen molar-refractivity contribution in [2.75, 3.05) is 0 Å². The molecule has 0 saturated carbocycles.